The van der Waals surface area contributed by atoms with E-state index in [2.05, 4.69) is 10.3 Å². The molecule has 3 amide bonds. The quantitative estimate of drug-likeness (QED) is 0.498. The lowest BCUT2D eigenvalue weighted by molar-refractivity contribution is -0.146. The summed E-state index contributed by atoms with van der Waals surface area (Å²) >= 11 is 0. The minimum atomic E-state index is -4.53. The third-order valence-corrected chi connectivity index (χ3v) is 6.92. The Bertz CT molecular complexity index is 1250. The van der Waals surface area contributed by atoms with Gasteiger partial charge in [0.15, 0.2) is 0 Å². The maximum Gasteiger partial charge on any atom is 0.389 e. The first-order chi connectivity index (χ1) is 18.6. The van der Waals surface area contributed by atoms with Gasteiger partial charge in [0, 0.05) is 35.9 Å². The van der Waals surface area contributed by atoms with Crippen molar-refractivity contribution in [1.29, 1.82) is 0 Å². The molecule has 8 nitrogen and oxygen atoms in total. The summed E-state index contributed by atoms with van der Waals surface area (Å²) in [7, 11) is 0. The summed E-state index contributed by atoms with van der Waals surface area (Å²) in [5.74, 6) is -4.28. The highest BCUT2D eigenvalue weighted by atomic mass is 19.4. The molecule has 4 rings (SSSR count). The van der Waals surface area contributed by atoms with E-state index >= 15 is 0 Å². The van der Waals surface area contributed by atoms with Gasteiger partial charge in [-0.15, -0.1) is 0 Å². The minimum absolute atomic E-state index is 0.140. The lowest BCUT2D eigenvalue weighted by atomic mass is 9.83. The molecule has 0 fully saturated rings. The van der Waals surface area contributed by atoms with Crippen LogP contribution in [0, 0.1) is 11.8 Å². The van der Waals surface area contributed by atoms with Gasteiger partial charge in [-0.2, -0.15) is 13.2 Å². The van der Waals surface area contributed by atoms with Gasteiger partial charge in [-0.3, -0.25) is 14.4 Å². The SMILES string of the molecule is CCCC(C(N)=O)C(CCC(F)(F)F)C(=O)NC1N=C(c2ccccc2)c2cccc3c2N(CCCO3)C1=O. The molecule has 0 aromatic heterocycles. The van der Waals surface area contributed by atoms with Crippen LogP contribution in [0.5, 0.6) is 5.75 Å². The van der Waals surface area contributed by atoms with E-state index in [0.29, 0.717) is 54.3 Å². The van der Waals surface area contributed by atoms with Crippen molar-refractivity contribution in [2.75, 3.05) is 18.1 Å². The average Bonchev–Trinajstić information content (AvgIpc) is 3.18. The van der Waals surface area contributed by atoms with E-state index < -0.39 is 54.7 Å². The Kier molecular flexibility index (Phi) is 8.57. The van der Waals surface area contributed by atoms with E-state index in [1.165, 1.54) is 4.90 Å². The van der Waals surface area contributed by atoms with E-state index in [1.807, 2.05) is 30.3 Å². The van der Waals surface area contributed by atoms with Gasteiger partial charge in [0.05, 0.1) is 18.0 Å². The average molecular weight is 545 g/mol. The van der Waals surface area contributed by atoms with Crippen molar-refractivity contribution in [1.82, 2.24) is 5.32 Å². The summed E-state index contributed by atoms with van der Waals surface area (Å²) in [4.78, 5) is 45.7. The van der Waals surface area contributed by atoms with Crippen LogP contribution < -0.4 is 20.7 Å². The second-order valence-electron chi connectivity index (χ2n) is 9.66. The monoisotopic (exact) mass is 544 g/mol. The molecule has 11 heteroatoms. The Labute approximate surface area is 224 Å². The fourth-order valence-corrected chi connectivity index (χ4v) is 5.10. The number of rotatable bonds is 9. The van der Waals surface area contributed by atoms with Crippen molar-refractivity contribution in [2.45, 2.75) is 51.4 Å². The molecule has 2 aliphatic rings. The predicted molar refractivity (Wildman–Crippen MR) is 139 cm³/mol. The molecule has 2 aliphatic heterocycles. The lowest BCUT2D eigenvalue weighted by Gasteiger charge is -2.27. The molecule has 2 heterocycles. The molecule has 0 aliphatic carbocycles. The highest BCUT2D eigenvalue weighted by Crippen LogP contribution is 2.38. The number of carbonyl (C=O) groups excluding carboxylic acids is 3. The van der Waals surface area contributed by atoms with Crippen molar-refractivity contribution in [3.05, 3.63) is 59.7 Å². The number of anilines is 1. The summed E-state index contributed by atoms with van der Waals surface area (Å²) in [5, 5.41) is 2.57. The highest BCUT2D eigenvalue weighted by Gasteiger charge is 2.40. The van der Waals surface area contributed by atoms with Gasteiger partial charge >= 0.3 is 6.18 Å². The molecule has 0 bridgehead atoms. The number of nitrogens with zero attached hydrogens (tertiary/aromatic N) is 2. The number of alkyl halides is 3. The summed E-state index contributed by atoms with van der Waals surface area (Å²) in [6.07, 6.45) is -6.78. The Morgan fingerprint density at radius 2 is 1.87 bits per heavy atom. The topological polar surface area (TPSA) is 114 Å². The van der Waals surface area contributed by atoms with Crippen LogP contribution in [0.3, 0.4) is 0 Å². The number of nitrogens with two attached hydrogens (primary N) is 1. The molecule has 3 N–H and O–H groups in total. The fraction of sp³-hybridized carbons (Fsp3) is 0.429. The van der Waals surface area contributed by atoms with Gasteiger partial charge in [0.1, 0.15) is 5.75 Å². The van der Waals surface area contributed by atoms with Gasteiger partial charge in [0.2, 0.25) is 18.0 Å². The van der Waals surface area contributed by atoms with Crippen molar-refractivity contribution in [3.8, 4) is 5.75 Å². The number of hydrogen-bond acceptors (Lipinski definition) is 5. The first-order valence-corrected chi connectivity index (χ1v) is 13.0. The Hall–Kier alpha value is -3.89. The normalized spacial score (nSPS) is 18.6. The van der Waals surface area contributed by atoms with Crippen LogP contribution in [0.15, 0.2) is 53.5 Å². The lowest BCUT2D eigenvalue weighted by Crippen LogP contribution is -2.51. The van der Waals surface area contributed by atoms with Crippen molar-refractivity contribution < 1.29 is 32.3 Å². The van der Waals surface area contributed by atoms with Crippen LogP contribution in [-0.4, -0.2) is 48.9 Å². The van der Waals surface area contributed by atoms with Gasteiger partial charge in [0.25, 0.3) is 5.91 Å². The molecule has 2 aromatic rings. The zero-order valence-corrected chi connectivity index (χ0v) is 21.5. The summed E-state index contributed by atoms with van der Waals surface area (Å²) in [5.41, 5.74) is 7.76. The number of nitrogens with one attached hydrogen (secondary N) is 1. The highest BCUT2D eigenvalue weighted by molar-refractivity contribution is 6.21. The number of aliphatic imine (C=N–C) groups is 1. The van der Waals surface area contributed by atoms with Crippen LogP contribution in [0.2, 0.25) is 0 Å². The Morgan fingerprint density at radius 3 is 2.54 bits per heavy atom. The minimum Gasteiger partial charge on any atom is -0.491 e. The van der Waals surface area contributed by atoms with E-state index in [9.17, 15) is 27.6 Å². The molecule has 0 saturated carbocycles. The number of carbonyl (C=O) groups is 3. The van der Waals surface area contributed by atoms with E-state index in [4.69, 9.17) is 10.5 Å². The van der Waals surface area contributed by atoms with Gasteiger partial charge in [-0.25, -0.2) is 4.99 Å². The van der Waals surface area contributed by atoms with Crippen molar-refractivity contribution >= 4 is 29.1 Å². The Balaban J connectivity index is 1.76. The first kappa shape index (κ1) is 28.1. The molecule has 3 unspecified atom stereocenters. The molecular weight excluding hydrogens is 513 g/mol. The number of ether oxygens (including phenoxy) is 1. The summed E-state index contributed by atoms with van der Waals surface area (Å²) in [6.45, 7) is 2.42. The second-order valence-corrected chi connectivity index (χ2v) is 9.66. The standard InChI is InChI=1S/C28H31F3N4O4/c1-2-8-18(24(32)36)19(13-14-28(29,30)31)26(37)34-25-27(38)35-15-7-16-39-21-12-6-11-20(23(21)35)22(33-25)17-9-4-3-5-10-17/h3-6,9-12,18-19,25H,2,7-8,13-16H2,1H3,(H2,32,36)(H,34,37). The number of amides is 3. The van der Waals surface area contributed by atoms with E-state index in [-0.39, 0.29) is 6.42 Å². The molecule has 208 valence electrons. The van der Waals surface area contributed by atoms with Gasteiger partial charge in [-0.05, 0) is 25.3 Å². The number of primary amides is 1. The van der Waals surface area contributed by atoms with Crippen molar-refractivity contribution in [3.63, 3.8) is 0 Å². The zero-order chi connectivity index (χ0) is 28.2. The third kappa shape index (κ3) is 6.40. The van der Waals surface area contributed by atoms with Crippen LogP contribution >= 0.6 is 0 Å². The largest absolute Gasteiger partial charge is 0.491 e. The predicted octanol–water partition coefficient (Wildman–Crippen LogP) is 3.96. The van der Waals surface area contributed by atoms with Crippen LogP contribution in [0.25, 0.3) is 0 Å². The molecule has 3 atom stereocenters. The number of halogens is 3. The molecule has 39 heavy (non-hydrogen) atoms. The van der Waals surface area contributed by atoms with Crippen molar-refractivity contribution in [2.24, 2.45) is 22.6 Å². The zero-order valence-electron chi connectivity index (χ0n) is 21.5. The smallest absolute Gasteiger partial charge is 0.389 e. The first-order valence-electron chi connectivity index (χ1n) is 13.0. The van der Waals surface area contributed by atoms with Gasteiger partial charge in [-0.1, -0.05) is 55.8 Å². The molecule has 2 aromatic carbocycles. The van der Waals surface area contributed by atoms with Crippen LogP contribution in [0.4, 0.5) is 18.9 Å². The van der Waals surface area contributed by atoms with Crippen LogP contribution in [0.1, 0.15) is 50.2 Å². The molecule has 0 spiro atoms. The Morgan fingerprint density at radius 1 is 1.13 bits per heavy atom. The molecule has 0 radical (unpaired) electrons. The number of benzene rings is 2. The third-order valence-electron chi connectivity index (χ3n) is 6.92. The number of para-hydroxylation sites is 1. The summed E-state index contributed by atoms with van der Waals surface area (Å²) in [6, 6.07) is 14.4. The fourth-order valence-electron chi connectivity index (χ4n) is 5.10. The second kappa shape index (κ2) is 11.9. The molecule has 0 saturated heterocycles. The van der Waals surface area contributed by atoms with E-state index in [1.54, 1.807) is 25.1 Å². The van der Waals surface area contributed by atoms with Crippen LogP contribution in [-0.2, 0) is 14.4 Å². The maximum absolute atomic E-state index is 13.8. The molecular formula is C28H31F3N4O4. The van der Waals surface area contributed by atoms with E-state index in [0.717, 1.165) is 0 Å². The van der Waals surface area contributed by atoms with Gasteiger partial charge < -0.3 is 20.7 Å². The number of hydrogen-bond donors (Lipinski definition) is 2. The summed E-state index contributed by atoms with van der Waals surface area (Å²) < 4.78 is 45.3. The maximum atomic E-state index is 13.8.